The number of nitro benzene ring substituents is 1. The molecular formula is C12H11N3O4S. The molecule has 0 unspecified atom stereocenters. The highest BCUT2D eigenvalue weighted by atomic mass is 32.2. The van der Waals surface area contributed by atoms with Crippen molar-refractivity contribution in [2.24, 2.45) is 0 Å². The Balaban J connectivity index is 1.99. The Morgan fingerprint density at radius 3 is 3.00 bits per heavy atom. The molecule has 7 nitrogen and oxygen atoms in total. The molecule has 0 atom stereocenters. The summed E-state index contributed by atoms with van der Waals surface area (Å²) < 4.78 is 0. The number of hydrogen-bond donors (Lipinski definition) is 1. The lowest BCUT2D eigenvalue weighted by Crippen LogP contribution is -2.36. The van der Waals surface area contributed by atoms with Crippen LogP contribution in [-0.2, 0) is 9.59 Å². The van der Waals surface area contributed by atoms with Crippen LogP contribution in [0, 0.1) is 10.1 Å². The van der Waals surface area contributed by atoms with E-state index >= 15 is 0 Å². The van der Waals surface area contributed by atoms with Gasteiger partial charge in [0.15, 0.2) is 0 Å². The van der Waals surface area contributed by atoms with Crippen molar-refractivity contribution >= 4 is 35.0 Å². The molecule has 0 saturated heterocycles. The summed E-state index contributed by atoms with van der Waals surface area (Å²) in [5.74, 6) is -0.247. The average molecular weight is 293 g/mol. The number of carbonyl (C=O) groups excluding carboxylic acids is 2. The second-order valence-electron chi connectivity index (χ2n) is 3.97. The monoisotopic (exact) mass is 293 g/mol. The van der Waals surface area contributed by atoms with E-state index in [-0.39, 0.29) is 18.1 Å². The van der Waals surface area contributed by atoms with Crippen LogP contribution in [0.3, 0.4) is 0 Å². The number of nitrogens with one attached hydrogen (secondary N) is 1. The summed E-state index contributed by atoms with van der Waals surface area (Å²) in [6, 6.07) is 5.64. The van der Waals surface area contributed by atoms with Crippen LogP contribution in [0.1, 0.15) is 0 Å². The Labute approximate surface area is 118 Å². The van der Waals surface area contributed by atoms with Gasteiger partial charge in [-0.2, -0.15) is 0 Å². The Morgan fingerprint density at radius 2 is 2.30 bits per heavy atom. The molecule has 1 aliphatic heterocycles. The van der Waals surface area contributed by atoms with Crippen molar-refractivity contribution in [2.45, 2.75) is 0 Å². The number of anilines is 1. The zero-order chi connectivity index (χ0) is 14.5. The van der Waals surface area contributed by atoms with Gasteiger partial charge in [0.05, 0.1) is 10.7 Å². The predicted octanol–water partition coefficient (Wildman–Crippen LogP) is 1.58. The maximum absolute atomic E-state index is 11.8. The number of benzene rings is 1. The number of rotatable bonds is 4. The predicted molar refractivity (Wildman–Crippen MR) is 75.0 cm³/mol. The third-order valence-corrected chi connectivity index (χ3v) is 3.25. The third kappa shape index (κ3) is 3.58. The molecule has 8 heteroatoms. The standard InChI is InChI=1S/C12H11N3O4S/c16-11(7-14-4-5-20-8-12(14)17)13-9-2-1-3-10(6-9)15(18)19/h1-6H,7-8H2,(H,13,16). The Morgan fingerprint density at radius 1 is 1.50 bits per heavy atom. The molecule has 0 saturated carbocycles. The average Bonchev–Trinajstić information content (AvgIpc) is 2.41. The fourth-order valence-electron chi connectivity index (χ4n) is 1.60. The van der Waals surface area contributed by atoms with Crippen molar-refractivity contribution in [3.63, 3.8) is 0 Å². The third-order valence-electron chi connectivity index (χ3n) is 2.52. The van der Waals surface area contributed by atoms with Crippen LogP contribution in [0.4, 0.5) is 11.4 Å². The minimum absolute atomic E-state index is 0.104. The molecule has 0 aliphatic carbocycles. The number of non-ortho nitro benzene ring substituents is 1. The van der Waals surface area contributed by atoms with Gasteiger partial charge in [0.2, 0.25) is 11.8 Å². The zero-order valence-electron chi connectivity index (χ0n) is 10.3. The minimum atomic E-state index is -0.538. The Bertz CT molecular complexity index is 588. The minimum Gasteiger partial charge on any atom is -0.324 e. The first-order valence-electron chi connectivity index (χ1n) is 5.68. The Hall–Kier alpha value is -2.35. The van der Waals surface area contributed by atoms with Gasteiger partial charge < -0.3 is 10.2 Å². The number of amides is 2. The van der Waals surface area contributed by atoms with E-state index in [1.165, 1.54) is 34.9 Å². The van der Waals surface area contributed by atoms with Crippen molar-refractivity contribution in [1.29, 1.82) is 0 Å². The molecule has 1 aromatic rings. The van der Waals surface area contributed by atoms with Crippen molar-refractivity contribution in [3.05, 3.63) is 46.0 Å². The van der Waals surface area contributed by atoms with Gasteiger partial charge in [-0.05, 0) is 11.5 Å². The van der Waals surface area contributed by atoms with Crippen LogP contribution in [-0.4, -0.2) is 33.9 Å². The summed E-state index contributed by atoms with van der Waals surface area (Å²) in [6.07, 6.45) is 1.55. The van der Waals surface area contributed by atoms with E-state index in [9.17, 15) is 19.7 Å². The normalized spacial score (nSPS) is 14.2. The summed E-state index contributed by atoms with van der Waals surface area (Å²) in [5.41, 5.74) is 0.222. The lowest BCUT2D eigenvalue weighted by molar-refractivity contribution is -0.384. The molecule has 1 aliphatic rings. The van der Waals surface area contributed by atoms with E-state index < -0.39 is 10.8 Å². The molecule has 1 N–H and O–H groups in total. The van der Waals surface area contributed by atoms with Crippen LogP contribution in [0.2, 0.25) is 0 Å². The van der Waals surface area contributed by atoms with Gasteiger partial charge in [0.1, 0.15) is 6.54 Å². The number of thioether (sulfide) groups is 1. The first-order valence-corrected chi connectivity index (χ1v) is 6.73. The first-order chi connectivity index (χ1) is 9.56. The number of nitrogens with zero attached hydrogens (tertiary/aromatic N) is 2. The molecule has 104 valence electrons. The van der Waals surface area contributed by atoms with Gasteiger partial charge in [0.25, 0.3) is 5.69 Å². The molecule has 20 heavy (non-hydrogen) atoms. The van der Waals surface area contributed by atoms with Gasteiger partial charge in [0, 0.05) is 24.0 Å². The fraction of sp³-hybridized carbons (Fsp3) is 0.167. The molecule has 0 aromatic heterocycles. The van der Waals surface area contributed by atoms with Crippen LogP contribution in [0.15, 0.2) is 35.9 Å². The summed E-state index contributed by atoms with van der Waals surface area (Å²) in [5, 5.41) is 14.9. The van der Waals surface area contributed by atoms with Gasteiger partial charge in [-0.15, -0.1) is 11.8 Å². The van der Waals surface area contributed by atoms with E-state index in [1.807, 2.05) is 0 Å². The molecule has 2 amide bonds. The molecule has 2 rings (SSSR count). The topological polar surface area (TPSA) is 92.6 Å². The zero-order valence-corrected chi connectivity index (χ0v) is 11.1. The van der Waals surface area contributed by atoms with Crippen molar-refractivity contribution in [3.8, 4) is 0 Å². The summed E-state index contributed by atoms with van der Waals surface area (Å²) in [7, 11) is 0. The van der Waals surface area contributed by atoms with E-state index in [2.05, 4.69) is 5.32 Å². The van der Waals surface area contributed by atoms with Crippen molar-refractivity contribution in [2.75, 3.05) is 17.6 Å². The molecule has 0 bridgehead atoms. The molecule has 1 heterocycles. The van der Waals surface area contributed by atoms with Gasteiger partial charge in [-0.3, -0.25) is 19.7 Å². The highest BCUT2D eigenvalue weighted by molar-refractivity contribution is 8.02. The smallest absolute Gasteiger partial charge is 0.271 e. The second-order valence-corrected chi connectivity index (χ2v) is 4.87. The van der Waals surface area contributed by atoms with E-state index in [4.69, 9.17) is 0 Å². The lowest BCUT2D eigenvalue weighted by Gasteiger charge is -2.20. The largest absolute Gasteiger partial charge is 0.324 e. The van der Waals surface area contributed by atoms with E-state index in [0.29, 0.717) is 11.4 Å². The molecule has 1 aromatic carbocycles. The Kier molecular flexibility index (Phi) is 4.36. The lowest BCUT2D eigenvalue weighted by atomic mass is 10.3. The molecule has 0 spiro atoms. The molecule has 0 radical (unpaired) electrons. The number of nitro groups is 1. The van der Waals surface area contributed by atoms with Crippen LogP contribution in [0.25, 0.3) is 0 Å². The van der Waals surface area contributed by atoms with E-state index in [0.717, 1.165) is 0 Å². The summed E-state index contributed by atoms with van der Waals surface area (Å²) >= 11 is 1.36. The number of carbonyl (C=O) groups is 2. The van der Waals surface area contributed by atoms with Crippen LogP contribution < -0.4 is 5.32 Å². The summed E-state index contributed by atoms with van der Waals surface area (Å²) in [6.45, 7) is -0.113. The van der Waals surface area contributed by atoms with Crippen molar-refractivity contribution < 1.29 is 14.5 Å². The quantitative estimate of drug-likeness (QED) is 0.672. The SMILES string of the molecule is O=C(CN1C=CSCC1=O)Nc1cccc([N+](=O)[O-])c1. The maximum atomic E-state index is 11.8. The molecular weight excluding hydrogens is 282 g/mol. The first kappa shape index (κ1) is 14.1. The number of hydrogen-bond acceptors (Lipinski definition) is 5. The van der Waals surface area contributed by atoms with Crippen LogP contribution >= 0.6 is 11.8 Å². The summed E-state index contributed by atoms with van der Waals surface area (Å²) in [4.78, 5) is 34.7. The highest BCUT2D eigenvalue weighted by Gasteiger charge is 2.17. The van der Waals surface area contributed by atoms with Gasteiger partial charge >= 0.3 is 0 Å². The van der Waals surface area contributed by atoms with Gasteiger partial charge in [-0.25, -0.2) is 0 Å². The van der Waals surface area contributed by atoms with E-state index in [1.54, 1.807) is 17.7 Å². The highest BCUT2D eigenvalue weighted by Crippen LogP contribution is 2.17. The van der Waals surface area contributed by atoms with Crippen molar-refractivity contribution in [1.82, 2.24) is 4.90 Å². The van der Waals surface area contributed by atoms with Crippen LogP contribution in [0.5, 0.6) is 0 Å². The van der Waals surface area contributed by atoms with Gasteiger partial charge in [-0.1, -0.05) is 6.07 Å². The second kappa shape index (κ2) is 6.20. The fourth-order valence-corrected chi connectivity index (χ4v) is 2.23. The molecule has 0 fully saturated rings. The maximum Gasteiger partial charge on any atom is 0.271 e.